The molecule has 2 aromatic rings. The summed E-state index contributed by atoms with van der Waals surface area (Å²) in [6.45, 7) is -0.498. The maximum atomic E-state index is 13.1. The summed E-state index contributed by atoms with van der Waals surface area (Å²) in [6.07, 6.45) is 2.89. The molecule has 1 aromatic heterocycles. The molecule has 2 rings (SSSR count). The molecular formula is C13H10FN3O4. The van der Waals surface area contributed by atoms with E-state index < -0.39 is 24.3 Å². The molecule has 0 unspecified atom stereocenters. The average molecular weight is 291 g/mol. The number of anilines is 1. The van der Waals surface area contributed by atoms with Gasteiger partial charge in [-0.15, -0.1) is 0 Å². The van der Waals surface area contributed by atoms with Crippen LogP contribution in [0.4, 0.5) is 10.3 Å². The third kappa shape index (κ3) is 3.96. The first-order chi connectivity index (χ1) is 10.1. The smallest absolute Gasteiger partial charge is 0.339 e. The highest BCUT2D eigenvalue weighted by atomic mass is 19.1. The van der Waals surface area contributed by atoms with E-state index in [0.29, 0.717) is 0 Å². The van der Waals surface area contributed by atoms with E-state index in [-0.39, 0.29) is 17.3 Å². The first-order valence-electron chi connectivity index (χ1n) is 5.79. The van der Waals surface area contributed by atoms with Gasteiger partial charge in [0, 0.05) is 18.5 Å². The maximum Gasteiger partial charge on any atom is 0.339 e. The summed E-state index contributed by atoms with van der Waals surface area (Å²) in [5.41, 5.74) is -0.236. The summed E-state index contributed by atoms with van der Waals surface area (Å²) in [5, 5.41) is 11.3. The van der Waals surface area contributed by atoms with Crippen LogP contribution in [0.25, 0.3) is 0 Å². The zero-order chi connectivity index (χ0) is 15.2. The van der Waals surface area contributed by atoms with E-state index in [1.165, 1.54) is 12.4 Å². The van der Waals surface area contributed by atoms with Crippen LogP contribution in [0, 0.1) is 5.82 Å². The first kappa shape index (κ1) is 14.4. The Kier molecular flexibility index (Phi) is 4.39. The lowest BCUT2D eigenvalue weighted by Crippen LogP contribution is -2.22. The zero-order valence-electron chi connectivity index (χ0n) is 10.6. The SMILES string of the molecule is O=C(COc1cc(F)ccc1C(=O)O)Nc1ncccn1. The lowest BCUT2D eigenvalue weighted by Gasteiger charge is -2.09. The highest BCUT2D eigenvalue weighted by molar-refractivity contribution is 5.92. The Bertz CT molecular complexity index is 664. The van der Waals surface area contributed by atoms with Crippen molar-refractivity contribution in [1.29, 1.82) is 0 Å². The lowest BCUT2D eigenvalue weighted by atomic mass is 10.2. The molecule has 0 atom stereocenters. The van der Waals surface area contributed by atoms with Gasteiger partial charge in [-0.05, 0) is 18.2 Å². The van der Waals surface area contributed by atoms with Crippen LogP contribution in [0.15, 0.2) is 36.7 Å². The molecule has 0 radical (unpaired) electrons. The van der Waals surface area contributed by atoms with Gasteiger partial charge in [-0.3, -0.25) is 10.1 Å². The normalized spacial score (nSPS) is 9.95. The Morgan fingerprint density at radius 2 is 2.00 bits per heavy atom. The van der Waals surface area contributed by atoms with Crippen LogP contribution in [-0.4, -0.2) is 33.6 Å². The van der Waals surface area contributed by atoms with Gasteiger partial charge in [-0.2, -0.15) is 0 Å². The molecule has 0 aliphatic heterocycles. The maximum absolute atomic E-state index is 13.1. The molecule has 0 saturated carbocycles. The minimum absolute atomic E-state index is 0.0869. The number of ether oxygens (including phenoxy) is 1. The third-order valence-electron chi connectivity index (χ3n) is 2.35. The highest BCUT2D eigenvalue weighted by Crippen LogP contribution is 2.19. The van der Waals surface area contributed by atoms with Crippen molar-refractivity contribution in [2.75, 3.05) is 11.9 Å². The van der Waals surface area contributed by atoms with Crippen molar-refractivity contribution in [3.05, 3.63) is 48.0 Å². The van der Waals surface area contributed by atoms with Gasteiger partial charge >= 0.3 is 5.97 Å². The van der Waals surface area contributed by atoms with Crippen molar-refractivity contribution in [1.82, 2.24) is 9.97 Å². The van der Waals surface area contributed by atoms with Crippen LogP contribution in [0.1, 0.15) is 10.4 Å². The van der Waals surface area contributed by atoms with Gasteiger partial charge in [0.15, 0.2) is 6.61 Å². The second-order valence-electron chi connectivity index (χ2n) is 3.85. The van der Waals surface area contributed by atoms with E-state index in [4.69, 9.17) is 9.84 Å². The molecule has 2 N–H and O–H groups in total. The summed E-state index contributed by atoms with van der Waals surface area (Å²) in [4.78, 5) is 30.1. The van der Waals surface area contributed by atoms with Gasteiger partial charge in [-0.1, -0.05) is 0 Å². The topological polar surface area (TPSA) is 101 Å². The Labute approximate surface area is 118 Å². The Morgan fingerprint density at radius 3 is 2.67 bits per heavy atom. The largest absolute Gasteiger partial charge is 0.483 e. The Hall–Kier alpha value is -3.03. The fraction of sp³-hybridized carbons (Fsp3) is 0.0769. The summed E-state index contributed by atoms with van der Waals surface area (Å²) in [6, 6.07) is 4.53. The van der Waals surface area contributed by atoms with Crippen molar-refractivity contribution in [3.63, 3.8) is 0 Å². The number of hydrogen-bond acceptors (Lipinski definition) is 5. The van der Waals surface area contributed by atoms with Crippen molar-refractivity contribution in [2.24, 2.45) is 0 Å². The number of amides is 1. The first-order valence-corrected chi connectivity index (χ1v) is 5.79. The predicted molar refractivity (Wildman–Crippen MR) is 69.5 cm³/mol. The quantitative estimate of drug-likeness (QED) is 0.861. The second kappa shape index (κ2) is 6.42. The van der Waals surface area contributed by atoms with Crippen LogP contribution in [0.5, 0.6) is 5.75 Å². The number of halogens is 1. The monoisotopic (exact) mass is 291 g/mol. The van der Waals surface area contributed by atoms with Crippen LogP contribution in [0.3, 0.4) is 0 Å². The number of nitrogens with one attached hydrogen (secondary N) is 1. The van der Waals surface area contributed by atoms with Gasteiger partial charge in [-0.25, -0.2) is 19.2 Å². The summed E-state index contributed by atoms with van der Waals surface area (Å²) in [5.74, 6) is -2.68. The minimum atomic E-state index is -1.28. The molecule has 0 bridgehead atoms. The molecule has 1 amide bonds. The van der Waals surface area contributed by atoms with E-state index in [9.17, 15) is 14.0 Å². The molecule has 108 valence electrons. The summed E-state index contributed by atoms with van der Waals surface area (Å²) in [7, 11) is 0. The van der Waals surface area contributed by atoms with Crippen molar-refractivity contribution >= 4 is 17.8 Å². The molecule has 7 nitrogen and oxygen atoms in total. The van der Waals surface area contributed by atoms with Crippen LogP contribution >= 0.6 is 0 Å². The number of rotatable bonds is 5. The fourth-order valence-corrected chi connectivity index (χ4v) is 1.46. The number of benzene rings is 1. The number of hydrogen-bond donors (Lipinski definition) is 2. The number of carboxylic acids is 1. The van der Waals surface area contributed by atoms with Gasteiger partial charge in [0.1, 0.15) is 17.1 Å². The van der Waals surface area contributed by atoms with Crippen LogP contribution in [0.2, 0.25) is 0 Å². The van der Waals surface area contributed by atoms with E-state index in [1.54, 1.807) is 6.07 Å². The predicted octanol–water partition coefficient (Wildman–Crippen LogP) is 1.33. The molecule has 8 heteroatoms. The van der Waals surface area contributed by atoms with Crippen molar-refractivity contribution in [3.8, 4) is 5.75 Å². The average Bonchev–Trinajstić information content (AvgIpc) is 2.46. The van der Waals surface area contributed by atoms with Gasteiger partial charge in [0.2, 0.25) is 5.95 Å². The number of aromatic nitrogens is 2. The highest BCUT2D eigenvalue weighted by Gasteiger charge is 2.14. The molecule has 0 aliphatic carbocycles. The van der Waals surface area contributed by atoms with Gasteiger partial charge in [0.25, 0.3) is 5.91 Å². The number of carbonyl (C=O) groups is 2. The summed E-state index contributed by atoms with van der Waals surface area (Å²) < 4.78 is 18.1. The van der Waals surface area contributed by atoms with E-state index in [0.717, 1.165) is 18.2 Å². The van der Waals surface area contributed by atoms with E-state index in [1.807, 2.05) is 0 Å². The number of aromatic carboxylic acids is 1. The van der Waals surface area contributed by atoms with Crippen LogP contribution in [-0.2, 0) is 4.79 Å². The Balaban J connectivity index is 2.01. The third-order valence-corrected chi connectivity index (χ3v) is 2.35. The molecular weight excluding hydrogens is 281 g/mol. The van der Waals surface area contributed by atoms with Gasteiger partial charge in [0.05, 0.1) is 0 Å². The molecule has 0 fully saturated rings. The zero-order valence-corrected chi connectivity index (χ0v) is 10.6. The van der Waals surface area contributed by atoms with Crippen molar-refractivity contribution in [2.45, 2.75) is 0 Å². The second-order valence-corrected chi connectivity index (χ2v) is 3.85. The van der Waals surface area contributed by atoms with Crippen molar-refractivity contribution < 1.29 is 23.8 Å². The van der Waals surface area contributed by atoms with Gasteiger partial charge < -0.3 is 9.84 Å². The summed E-state index contributed by atoms with van der Waals surface area (Å²) >= 11 is 0. The number of carbonyl (C=O) groups excluding carboxylic acids is 1. The fourth-order valence-electron chi connectivity index (χ4n) is 1.46. The molecule has 21 heavy (non-hydrogen) atoms. The number of carboxylic acid groups (broad SMARTS) is 1. The van der Waals surface area contributed by atoms with E-state index in [2.05, 4.69) is 15.3 Å². The number of nitrogens with zero attached hydrogens (tertiary/aromatic N) is 2. The molecule has 1 aromatic carbocycles. The molecule has 0 spiro atoms. The van der Waals surface area contributed by atoms with E-state index >= 15 is 0 Å². The standard InChI is InChI=1S/C13H10FN3O4/c14-8-2-3-9(12(19)20)10(6-8)21-7-11(18)17-13-15-4-1-5-16-13/h1-6H,7H2,(H,19,20)(H,15,16,17,18). The molecule has 1 heterocycles. The Morgan fingerprint density at radius 1 is 1.29 bits per heavy atom. The molecule has 0 saturated heterocycles. The minimum Gasteiger partial charge on any atom is -0.483 e. The van der Waals surface area contributed by atoms with Crippen LogP contribution < -0.4 is 10.1 Å². The lowest BCUT2D eigenvalue weighted by molar-refractivity contribution is -0.118. The molecule has 0 aliphatic rings.